The molecule has 5 nitrogen and oxygen atoms in total. The van der Waals surface area contributed by atoms with Crippen LogP contribution in [0.15, 0.2) is 23.3 Å². The minimum atomic E-state index is -0.552. The van der Waals surface area contributed by atoms with Gasteiger partial charge in [-0.15, -0.1) is 0 Å². The predicted molar refractivity (Wildman–Crippen MR) is 86.6 cm³/mol. The molecule has 1 aromatic rings. The Morgan fingerprint density at radius 3 is 2.64 bits per heavy atom. The van der Waals surface area contributed by atoms with E-state index in [1.54, 1.807) is 31.6 Å². The topological polar surface area (TPSA) is 57.5 Å². The van der Waals surface area contributed by atoms with Gasteiger partial charge in [0.15, 0.2) is 0 Å². The number of aromatic nitrogens is 1. The summed E-state index contributed by atoms with van der Waals surface area (Å²) < 4.78 is 11.5. The minimum absolute atomic E-state index is 0.176. The average Bonchev–Trinajstić information content (AvgIpc) is 2.47. The smallest absolute Gasteiger partial charge is 0.313 e. The number of pyridine rings is 1. The highest BCUT2D eigenvalue weighted by Gasteiger charge is 2.26. The second-order valence-electron chi connectivity index (χ2n) is 5.61. The summed E-state index contributed by atoms with van der Waals surface area (Å²) in [6.07, 6.45) is 5.64. The maximum absolute atomic E-state index is 12.4. The van der Waals surface area contributed by atoms with E-state index < -0.39 is 5.92 Å². The fraction of sp³-hybridized carbons (Fsp3) is 0.529. The van der Waals surface area contributed by atoms with Crippen LogP contribution >= 0.6 is 0 Å². The van der Waals surface area contributed by atoms with E-state index in [0.717, 1.165) is 5.56 Å². The first-order chi connectivity index (χ1) is 10.4. The molecule has 0 aliphatic heterocycles. The van der Waals surface area contributed by atoms with Crippen molar-refractivity contribution in [2.45, 2.75) is 33.1 Å². The van der Waals surface area contributed by atoms with Gasteiger partial charge < -0.3 is 14.0 Å². The number of esters is 1. The van der Waals surface area contributed by atoms with Crippen LogP contribution in [0.5, 0.6) is 0 Å². The third-order valence-electron chi connectivity index (χ3n) is 3.32. The molecule has 0 unspecified atom stereocenters. The molecule has 0 N–H and O–H groups in total. The Hall–Kier alpha value is -2.04. The first-order valence-electron chi connectivity index (χ1n) is 7.47. The van der Waals surface area contributed by atoms with Gasteiger partial charge in [0.1, 0.15) is 0 Å². The zero-order chi connectivity index (χ0) is 16.7. The quantitative estimate of drug-likeness (QED) is 0.574. The summed E-state index contributed by atoms with van der Waals surface area (Å²) in [5.41, 5.74) is 1.09. The average molecular weight is 307 g/mol. The van der Waals surface area contributed by atoms with Gasteiger partial charge in [0.2, 0.25) is 0 Å². The predicted octanol–water partition coefficient (Wildman–Crippen LogP) is 2.70. The Bertz CT molecular complexity index is 587. The van der Waals surface area contributed by atoms with E-state index in [2.05, 4.69) is 0 Å². The van der Waals surface area contributed by atoms with Crippen molar-refractivity contribution < 1.29 is 14.3 Å². The summed E-state index contributed by atoms with van der Waals surface area (Å²) in [6, 6.07) is 1.74. The molecule has 1 atom stereocenters. The number of hydrogen-bond donors (Lipinski definition) is 0. The van der Waals surface area contributed by atoms with Gasteiger partial charge in [-0.1, -0.05) is 13.8 Å². The molecule has 0 amide bonds. The van der Waals surface area contributed by atoms with Crippen LogP contribution in [0.3, 0.4) is 0 Å². The van der Waals surface area contributed by atoms with Gasteiger partial charge in [-0.05, 0) is 37.0 Å². The maximum atomic E-state index is 12.4. The molecule has 22 heavy (non-hydrogen) atoms. The van der Waals surface area contributed by atoms with Gasteiger partial charge in [0, 0.05) is 18.8 Å². The molecule has 0 radical (unpaired) electrons. The van der Waals surface area contributed by atoms with Crippen molar-refractivity contribution in [3.8, 4) is 0 Å². The van der Waals surface area contributed by atoms with Crippen LogP contribution < -0.4 is 5.56 Å². The van der Waals surface area contributed by atoms with E-state index in [1.807, 2.05) is 20.8 Å². The Kier molecular flexibility index (Phi) is 6.89. The van der Waals surface area contributed by atoms with Gasteiger partial charge in [-0.25, -0.2) is 0 Å². The van der Waals surface area contributed by atoms with Crippen molar-refractivity contribution in [2.75, 3.05) is 13.7 Å². The molecule has 0 bridgehead atoms. The molecule has 0 spiro atoms. The molecular weight excluding hydrogens is 282 g/mol. The van der Waals surface area contributed by atoms with Crippen molar-refractivity contribution in [2.24, 2.45) is 13.0 Å². The summed E-state index contributed by atoms with van der Waals surface area (Å²) in [5.74, 6) is -0.655. The van der Waals surface area contributed by atoms with E-state index in [9.17, 15) is 9.59 Å². The Morgan fingerprint density at radius 2 is 2.09 bits per heavy atom. The van der Waals surface area contributed by atoms with Crippen molar-refractivity contribution >= 4 is 12.0 Å². The normalized spacial score (nSPS) is 12.6. The zero-order valence-electron chi connectivity index (χ0n) is 14.0. The Labute approximate surface area is 131 Å². The number of rotatable bonds is 7. The molecule has 1 aromatic heterocycles. The first kappa shape index (κ1) is 18.0. The largest absolute Gasteiger partial charge is 0.501 e. The minimum Gasteiger partial charge on any atom is -0.501 e. The van der Waals surface area contributed by atoms with Crippen molar-refractivity contribution in [3.05, 3.63) is 40.0 Å². The molecule has 0 saturated carbocycles. The number of nitrogens with zero attached hydrogens (tertiary/aromatic N) is 1. The Balaban J connectivity index is 3.29. The molecule has 122 valence electrons. The highest BCUT2D eigenvalue weighted by molar-refractivity contribution is 5.78. The molecule has 1 heterocycles. The van der Waals surface area contributed by atoms with Crippen LogP contribution in [0.25, 0.3) is 6.08 Å². The zero-order valence-corrected chi connectivity index (χ0v) is 14.0. The van der Waals surface area contributed by atoms with Crippen molar-refractivity contribution in [3.63, 3.8) is 0 Å². The lowest BCUT2D eigenvalue weighted by molar-refractivity contribution is -0.142. The van der Waals surface area contributed by atoms with E-state index in [-0.39, 0.29) is 17.4 Å². The number of carbonyl (C=O) groups is 1. The first-order valence-corrected chi connectivity index (χ1v) is 7.47. The number of aryl methyl sites for hydroxylation is 1. The summed E-state index contributed by atoms with van der Waals surface area (Å²) in [6.45, 7) is 6.50. The van der Waals surface area contributed by atoms with E-state index in [1.165, 1.54) is 11.7 Å². The molecule has 0 saturated heterocycles. The highest BCUT2D eigenvalue weighted by Crippen LogP contribution is 2.23. The summed E-state index contributed by atoms with van der Waals surface area (Å²) in [5, 5.41) is 0. The summed E-state index contributed by atoms with van der Waals surface area (Å²) in [4.78, 5) is 24.5. The van der Waals surface area contributed by atoms with Gasteiger partial charge in [0.05, 0.1) is 25.9 Å². The molecule has 0 aliphatic rings. The lowest BCUT2D eigenvalue weighted by atomic mass is 9.90. The second kappa shape index (κ2) is 8.41. The lowest BCUT2D eigenvalue weighted by Gasteiger charge is -2.17. The molecule has 5 heteroatoms. The fourth-order valence-corrected chi connectivity index (χ4v) is 2.29. The van der Waals surface area contributed by atoms with Crippen LogP contribution in [0.4, 0.5) is 0 Å². The van der Waals surface area contributed by atoms with Gasteiger partial charge >= 0.3 is 5.97 Å². The monoisotopic (exact) mass is 307 g/mol. The van der Waals surface area contributed by atoms with Crippen molar-refractivity contribution in [1.29, 1.82) is 0 Å². The molecule has 0 aromatic carbocycles. The van der Waals surface area contributed by atoms with Gasteiger partial charge in [0.25, 0.3) is 5.56 Å². The summed E-state index contributed by atoms with van der Waals surface area (Å²) in [7, 11) is 3.02. The van der Waals surface area contributed by atoms with E-state index >= 15 is 0 Å². The van der Waals surface area contributed by atoms with Crippen LogP contribution in [0.2, 0.25) is 0 Å². The molecule has 0 fully saturated rings. The maximum Gasteiger partial charge on any atom is 0.313 e. The molecule has 0 aliphatic carbocycles. The van der Waals surface area contributed by atoms with Gasteiger partial charge in [-0.3, -0.25) is 9.59 Å². The number of hydrogen-bond acceptors (Lipinski definition) is 4. The number of carbonyl (C=O) groups excluding carboxylic acids is 1. The molecule has 1 rings (SSSR count). The third kappa shape index (κ3) is 4.76. The number of ether oxygens (including phenoxy) is 2. The lowest BCUT2D eigenvalue weighted by Crippen LogP contribution is -2.28. The summed E-state index contributed by atoms with van der Waals surface area (Å²) >= 11 is 0. The highest BCUT2D eigenvalue weighted by atomic mass is 16.5. The van der Waals surface area contributed by atoms with Crippen LogP contribution in [-0.2, 0) is 21.3 Å². The van der Waals surface area contributed by atoms with Crippen LogP contribution in [0, 0.1) is 5.92 Å². The van der Waals surface area contributed by atoms with E-state index in [0.29, 0.717) is 18.6 Å². The standard InChI is InChI=1S/C17H25NO4/c1-6-22-8-7-13-10-14(16(19)18(4)11-13)15(9-12(2)3)17(20)21-5/h7-8,10-12,15H,6,9H2,1-5H3/b8-7+/t15-/m0/s1. The molecular formula is C17H25NO4. The van der Waals surface area contributed by atoms with Crippen molar-refractivity contribution in [1.82, 2.24) is 4.57 Å². The van der Waals surface area contributed by atoms with Gasteiger partial charge in [-0.2, -0.15) is 0 Å². The Morgan fingerprint density at radius 1 is 1.41 bits per heavy atom. The fourth-order valence-electron chi connectivity index (χ4n) is 2.29. The third-order valence-corrected chi connectivity index (χ3v) is 3.32. The van der Waals surface area contributed by atoms with Crippen LogP contribution in [0.1, 0.15) is 44.2 Å². The van der Waals surface area contributed by atoms with Crippen LogP contribution in [-0.4, -0.2) is 24.3 Å². The SMILES string of the molecule is CCO/C=C/c1cc([C@H](CC(C)C)C(=O)OC)c(=O)n(C)c1. The second-order valence-corrected chi connectivity index (χ2v) is 5.61. The van der Waals surface area contributed by atoms with E-state index in [4.69, 9.17) is 9.47 Å². The number of methoxy groups -OCH3 is 1.